The average Bonchev–Trinajstić information content (AvgIpc) is 2.59. The SMILES string of the molecule is N=C(N)NC(=O)C(Cc1ccccc1)c1ccc2ccccc2c1. The quantitative estimate of drug-likeness (QED) is 0.510. The van der Waals surface area contributed by atoms with Crippen molar-refractivity contribution < 1.29 is 4.79 Å². The molecule has 0 spiro atoms. The molecule has 0 heterocycles. The topological polar surface area (TPSA) is 79.0 Å². The van der Waals surface area contributed by atoms with Crippen molar-refractivity contribution >= 4 is 22.6 Å². The van der Waals surface area contributed by atoms with Crippen molar-refractivity contribution in [2.75, 3.05) is 0 Å². The van der Waals surface area contributed by atoms with Crippen LogP contribution in [-0.2, 0) is 11.2 Å². The first-order valence-corrected chi connectivity index (χ1v) is 7.81. The molecule has 1 unspecified atom stereocenters. The van der Waals surface area contributed by atoms with Crippen LogP contribution in [0.4, 0.5) is 0 Å². The van der Waals surface area contributed by atoms with E-state index in [1.54, 1.807) is 0 Å². The lowest BCUT2D eigenvalue weighted by Gasteiger charge is -2.17. The smallest absolute Gasteiger partial charge is 0.234 e. The number of carbonyl (C=O) groups is 1. The predicted molar refractivity (Wildman–Crippen MR) is 96.9 cm³/mol. The monoisotopic (exact) mass is 317 g/mol. The van der Waals surface area contributed by atoms with Crippen LogP contribution in [0.2, 0.25) is 0 Å². The van der Waals surface area contributed by atoms with Gasteiger partial charge in [-0.15, -0.1) is 0 Å². The van der Waals surface area contributed by atoms with Crippen molar-refractivity contribution in [1.29, 1.82) is 5.41 Å². The molecule has 120 valence electrons. The molecule has 3 aromatic carbocycles. The summed E-state index contributed by atoms with van der Waals surface area (Å²) in [6.45, 7) is 0. The Hall–Kier alpha value is -3.14. The van der Waals surface area contributed by atoms with E-state index in [0.717, 1.165) is 21.9 Å². The molecule has 3 aromatic rings. The Balaban J connectivity index is 1.98. The fraction of sp³-hybridized carbons (Fsp3) is 0.100. The molecule has 0 aliphatic heterocycles. The van der Waals surface area contributed by atoms with Gasteiger partial charge in [-0.3, -0.25) is 15.5 Å². The number of guanidine groups is 1. The molecule has 4 N–H and O–H groups in total. The van der Waals surface area contributed by atoms with Gasteiger partial charge in [0.05, 0.1) is 5.92 Å². The second-order valence-electron chi connectivity index (χ2n) is 5.75. The van der Waals surface area contributed by atoms with Crippen molar-refractivity contribution in [1.82, 2.24) is 5.32 Å². The van der Waals surface area contributed by atoms with Crippen LogP contribution in [0.25, 0.3) is 10.8 Å². The summed E-state index contributed by atoms with van der Waals surface area (Å²) >= 11 is 0. The minimum atomic E-state index is -0.402. The van der Waals surface area contributed by atoms with E-state index < -0.39 is 5.92 Å². The minimum Gasteiger partial charge on any atom is -0.370 e. The molecule has 0 radical (unpaired) electrons. The number of carbonyl (C=O) groups excluding carboxylic acids is 1. The highest BCUT2D eigenvalue weighted by atomic mass is 16.2. The molecule has 1 amide bonds. The van der Waals surface area contributed by atoms with Crippen LogP contribution in [0, 0.1) is 5.41 Å². The number of amides is 1. The number of fused-ring (bicyclic) bond motifs is 1. The van der Waals surface area contributed by atoms with Gasteiger partial charge in [0, 0.05) is 0 Å². The van der Waals surface area contributed by atoms with Gasteiger partial charge in [0.25, 0.3) is 0 Å². The van der Waals surface area contributed by atoms with E-state index in [1.165, 1.54) is 0 Å². The lowest BCUT2D eigenvalue weighted by molar-refractivity contribution is -0.121. The molecule has 4 heteroatoms. The fourth-order valence-corrected chi connectivity index (χ4v) is 2.86. The summed E-state index contributed by atoms with van der Waals surface area (Å²) in [7, 11) is 0. The van der Waals surface area contributed by atoms with Gasteiger partial charge in [0.15, 0.2) is 5.96 Å². The highest BCUT2D eigenvalue weighted by molar-refractivity contribution is 5.98. The zero-order valence-corrected chi connectivity index (χ0v) is 13.2. The molecular weight excluding hydrogens is 298 g/mol. The fourth-order valence-electron chi connectivity index (χ4n) is 2.86. The first-order chi connectivity index (χ1) is 11.6. The van der Waals surface area contributed by atoms with Crippen LogP contribution >= 0.6 is 0 Å². The van der Waals surface area contributed by atoms with E-state index in [9.17, 15) is 4.79 Å². The first kappa shape index (κ1) is 15.7. The molecule has 0 aromatic heterocycles. The Bertz CT molecular complexity index is 874. The van der Waals surface area contributed by atoms with Gasteiger partial charge in [0.1, 0.15) is 0 Å². The Morgan fingerprint density at radius 2 is 1.62 bits per heavy atom. The molecule has 0 aliphatic carbocycles. The van der Waals surface area contributed by atoms with Gasteiger partial charge in [-0.1, -0.05) is 72.8 Å². The third-order valence-corrected chi connectivity index (χ3v) is 4.03. The van der Waals surface area contributed by atoms with Crippen LogP contribution < -0.4 is 11.1 Å². The van der Waals surface area contributed by atoms with Gasteiger partial charge in [0.2, 0.25) is 5.91 Å². The lowest BCUT2D eigenvalue weighted by atomic mass is 9.90. The van der Waals surface area contributed by atoms with Crippen LogP contribution in [-0.4, -0.2) is 11.9 Å². The van der Waals surface area contributed by atoms with Gasteiger partial charge < -0.3 is 5.73 Å². The van der Waals surface area contributed by atoms with Crippen LogP contribution in [0.1, 0.15) is 17.0 Å². The number of hydrogen-bond donors (Lipinski definition) is 3. The van der Waals surface area contributed by atoms with Crippen LogP contribution in [0.3, 0.4) is 0 Å². The summed E-state index contributed by atoms with van der Waals surface area (Å²) in [6.07, 6.45) is 0.554. The van der Waals surface area contributed by atoms with Gasteiger partial charge in [-0.2, -0.15) is 0 Å². The summed E-state index contributed by atoms with van der Waals surface area (Å²) in [5, 5.41) is 12.0. The summed E-state index contributed by atoms with van der Waals surface area (Å²) < 4.78 is 0. The Morgan fingerprint density at radius 1 is 0.958 bits per heavy atom. The number of benzene rings is 3. The summed E-state index contributed by atoms with van der Waals surface area (Å²) in [4.78, 5) is 12.6. The number of rotatable bonds is 4. The number of nitrogens with two attached hydrogens (primary N) is 1. The van der Waals surface area contributed by atoms with Crippen molar-refractivity contribution in [2.45, 2.75) is 12.3 Å². The zero-order chi connectivity index (χ0) is 16.9. The highest BCUT2D eigenvalue weighted by Gasteiger charge is 2.22. The van der Waals surface area contributed by atoms with Crippen molar-refractivity contribution in [3.8, 4) is 0 Å². The van der Waals surface area contributed by atoms with E-state index in [0.29, 0.717) is 6.42 Å². The Labute approximate surface area is 140 Å². The number of hydrogen-bond acceptors (Lipinski definition) is 2. The standard InChI is InChI=1S/C20H19N3O/c21-20(22)23-19(24)18(12-14-6-2-1-3-7-14)17-11-10-15-8-4-5-9-16(15)13-17/h1-11,13,18H,12H2,(H4,21,22,23,24). The van der Waals surface area contributed by atoms with Gasteiger partial charge >= 0.3 is 0 Å². The Kier molecular flexibility index (Phi) is 4.57. The normalized spacial score (nSPS) is 11.8. The average molecular weight is 317 g/mol. The molecule has 0 saturated heterocycles. The summed E-state index contributed by atoms with van der Waals surface area (Å²) in [5.74, 6) is -0.999. The van der Waals surface area contributed by atoms with E-state index in [1.807, 2.05) is 72.8 Å². The molecular formula is C20H19N3O. The minimum absolute atomic E-state index is 0.262. The lowest BCUT2D eigenvalue weighted by Crippen LogP contribution is -2.39. The molecule has 1 atom stereocenters. The molecule has 0 bridgehead atoms. The Morgan fingerprint density at radius 3 is 2.33 bits per heavy atom. The van der Waals surface area contributed by atoms with E-state index in [-0.39, 0.29) is 11.9 Å². The largest absolute Gasteiger partial charge is 0.370 e. The second kappa shape index (κ2) is 6.96. The third kappa shape index (κ3) is 3.60. The van der Waals surface area contributed by atoms with Crippen LogP contribution in [0.5, 0.6) is 0 Å². The molecule has 24 heavy (non-hydrogen) atoms. The van der Waals surface area contributed by atoms with E-state index in [2.05, 4.69) is 5.32 Å². The third-order valence-electron chi connectivity index (χ3n) is 4.03. The van der Waals surface area contributed by atoms with Gasteiger partial charge in [-0.25, -0.2) is 0 Å². The molecule has 0 fully saturated rings. The van der Waals surface area contributed by atoms with Crippen LogP contribution in [0.15, 0.2) is 72.8 Å². The summed E-state index contributed by atoms with van der Waals surface area (Å²) in [6, 6.07) is 23.9. The van der Waals surface area contributed by atoms with Crippen molar-refractivity contribution in [2.24, 2.45) is 5.73 Å². The zero-order valence-electron chi connectivity index (χ0n) is 13.2. The van der Waals surface area contributed by atoms with Crippen molar-refractivity contribution in [3.63, 3.8) is 0 Å². The van der Waals surface area contributed by atoms with E-state index in [4.69, 9.17) is 11.1 Å². The molecule has 0 saturated carbocycles. The molecule has 3 rings (SSSR count). The maximum Gasteiger partial charge on any atom is 0.234 e. The van der Waals surface area contributed by atoms with E-state index >= 15 is 0 Å². The summed E-state index contributed by atoms with van der Waals surface area (Å²) in [5.41, 5.74) is 7.32. The highest BCUT2D eigenvalue weighted by Crippen LogP contribution is 2.25. The maximum atomic E-state index is 12.6. The first-order valence-electron chi connectivity index (χ1n) is 7.81. The molecule has 4 nitrogen and oxygen atoms in total. The molecule has 0 aliphatic rings. The number of nitrogens with one attached hydrogen (secondary N) is 2. The maximum absolute atomic E-state index is 12.6. The predicted octanol–water partition coefficient (Wildman–Crippen LogP) is 3.18. The van der Waals surface area contributed by atoms with Crippen molar-refractivity contribution in [3.05, 3.63) is 83.9 Å². The van der Waals surface area contributed by atoms with Gasteiger partial charge in [-0.05, 0) is 28.3 Å². The second-order valence-corrected chi connectivity index (χ2v) is 5.75.